The van der Waals surface area contributed by atoms with Gasteiger partial charge in [-0.15, -0.1) is 0 Å². The van der Waals surface area contributed by atoms with Gasteiger partial charge in [-0.2, -0.15) is 5.10 Å². The van der Waals surface area contributed by atoms with Gasteiger partial charge in [-0.25, -0.2) is 0 Å². The predicted octanol–water partition coefficient (Wildman–Crippen LogP) is 2.28. The largest absolute Gasteiger partial charge is 0.379 e. The molecule has 6 heteroatoms. The number of hydrogen-bond acceptors (Lipinski definition) is 4. The van der Waals surface area contributed by atoms with Crippen LogP contribution >= 0.6 is 0 Å². The summed E-state index contributed by atoms with van der Waals surface area (Å²) in [5, 5.41) is 8.42. The SMILES string of the molecule is Cn1nc(C(=O)N[C@@H]2CCOC[C@H]2OCC2CCC2)c2ccccc21. The molecule has 1 aromatic carbocycles. The minimum Gasteiger partial charge on any atom is -0.379 e. The first-order valence-corrected chi connectivity index (χ1v) is 9.14. The Balaban J connectivity index is 1.45. The summed E-state index contributed by atoms with van der Waals surface area (Å²) in [6.45, 7) is 1.96. The van der Waals surface area contributed by atoms with Crippen molar-refractivity contribution < 1.29 is 14.3 Å². The Labute approximate surface area is 147 Å². The van der Waals surface area contributed by atoms with Crippen LogP contribution in [-0.4, -0.2) is 47.7 Å². The number of para-hydroxylation sites is 1. The number of aromatic nitrogens is 2. The van der Waals surface area contributed by atoms with Gasteiger partial charge in [0.15, 0.2) is 5.69 Å². The molecule has 2 aliphatic rings. The zero-order valence-corrected chi connectivity index (χ0v) is 14.6. The molecule has 0 spiro atoms. The number of carbonyl (C=O) groups is 1. The van der Waals surface area contributed by atoms with Gasteiger partial charge in [0.25, 0.3) is 5.91 Å². The lowest BCUT2D eigenvalue weighted by molar-refractivity contribution is -0.0819. The van der Waals surface area contributed by atoms with Gasteiger partial charge in [-0.3, -0.25) is 9.48 Å². The van der Waals surface area contributed by atoms with Crippen LogP contribution in [0.1, 0.15) is 36.2 Å². The highest BCUT2D eigenvalue weighted by atomic mass is 16.5. The molecule has 1 saturated carbocycles. The molecule has 2 aromatic rings. The molecule has 1 N–H and O–H groups in total. The average Bonchev–Trinajstić information content (AvgIpc) is 2.92. The average molecular weight is 343 g/mol. The lowest BCUT2D eigenvalue weighted by Gasteiger charge is -2.34. The third-order valence-electron chi connectivity index (χ3n) is 5.36. The van der Waals surface area contributed by atoms with Crippen LogP contribution < -0.4 is 5.32 Å². The molecule has 1 aromatic heterocycles. The summed E-state index contributed by atoms with van der Waals surface area (Å²) in [5.74, 6) is 0.541. The topological polar surface area (TPSA) is 65.4 Å². The fourth-order valence-electron chi connectivity index (χ4n) is 3.58. The smallest absolute Gasteiger partial charge is 0.272 e. The van der Waals surface area contributed by atoms with Crippen LogP contribution in [0, 0.1) is 5.92 Å². The molecular weight excluding hydrogens is 318 g/mol. The Morgan fingerprint density at radius 2 is 2.20 bits per heavy atom. The highest BCUT2D eigenvalue weighted by molar-refractivity contribution is 6.04. The maximum Gasteiger partial charge on any atom is 0.272 e. The van der Waals surface area contributed by atoms with Crippen molar-refractivity contribution >= 4 is 16.8 Å². The summed E-state index contributed by atoms with van der Waals surface area (Å²) in [6.07, 6.45) is 4.51. The van der Waals surface area contributed by atoms with Crippen molar-refractivity contribution in [2.24, 2.45) is 13.0 Å². The van der Waals surface area contributed by atoms with Crippen molar-refractivity contribution in [2.45, 2.75) is 37.8 Å². The zero-order valence-electron chi connectivity index (χ0n) is 14.6. The van der Waals surface area contributed by atoms with E-state index in [-0.39, 0.29) is 18.1 Å². The van der Waals surface area contributed by atoms with Crippen LogP contribution in [0.3, 0.4) is 0 Å². The lowest BCUT2D eigenvalue weighted by Crippen LogP contribution is -2.50. The second-order valence-corrected chi connectivity index (χ2v) is 7.10. The monoisotopic (exact) mass is 343 g/mol. The number of carbonyl (C=O) groups excluding carboxylic acids is 1. The number of amides is 1. The van der Waals surface area contributed by atoms with Crippen LogP contribution in [0.25, 0.3) is 10.9 Å². The van der Waals surface area contributed by atoms with Crippen molar-refractivity contribution in [3.63, 3.8) is 0 Å². The number of nitrogens with one attached hydrogen (secondary N) is 1. The molecule has 25 heavy (non-hydrogen) atoms. The summed E-state index contributed by atoms with van der Waals surface area (Å²) in [6, 6.07) is 7.76. The van der Waals surface area contributed by atoms with E-state index in [9.17, 15) is 4.79 Å². The highest BCUT2D eigenvalue weighted by Gasteiger charge is 2.30. The quantitative estimate of drug-likeness (QED) is 0.904. The first kappa shape index (κ1) is 16.5. The Kier molecular flexibility index (Phi) is 4.72. The van der Waals surface area contributed by atoms with Crippen LogP contribution in [0.5, 0.6) is 0 Å². The normalized spacial score (nSPS) is 24.2. The van der Waals surface area contributed by atoms with Crippen LogP contribution in [0.4, 0.5) is 0 Å². The molecule has 2 fully saturated rings. The van der Waals surface area contributed by atoms with Crippen molar-refractivity contribution in [3.8, 4) is 0 Å². The summed E-state index contributed by atoms with van der Waals surface area (Å²) >= 11 is 0. The highest BCUT2D eigenvalue weighted by Crippen LogP contribution is 2.27. The Hall–Kier alpha value is -1.92. The summed E-state index contributed by atoms with van der Waals surface area (Å²) < 4.78 is 13.4. The van der Waals surface area contributed by atoms with E-state index in [1.165, 1.54) is 19.3 Å². The first-order valence-electron chi connectivity index (χ1n) is 9.14. The molecular formula is C19H25N3O3. The van der Waals surface area contributed by atoms with Gasteiger partial charge < -0.3 is 14.8 Å². The van der Waals surface area contributed by atoms with Crippen molar-refractivity contribution in [1.29, 1.82) is 0 Å². The van der Waals surface area contributed by atoms with Crippen molar-refractivity contribution in [1.82, 2.24) is 15.1 Å². The summed E-state index contributed by atoms with van der Waals surface area (Å²) in [5.41, 5.74) is 1.43. The van der Waals surface area contributed by atoms with E-state index in [4.69, 9.17) is 9.47 Å². The standard InChI is InChI=1S/C19H25N3O3/c1-22-16-8-3-2-7-14(16)18(21-22)19(23)20-15-9-10-24-12-17(15)25-11-13-5-4-6-13/h2-3,7-8,13,15,17H,4-6,9-12H2,1H3,(H,20,23)/t15-,17-/m1/s1. The minimum absolute atomic E-state index is 0.0258. The van der Waals surface area contributed by atoms with Crippen LogP contribution in [-0.2, 0) is 16.5 Å². The zero-order chi connectivity index (χ0) is 17.2. The second kappa shape index (κ2) is 7.14. The number of ether oxygens (including phenoxy) is 2. The maximum atomic E-state index is 12.8. The number of nitrogens with zero attached hydrogens (tertiary/aromatic N) is 2. The van der Waals surface area contributed by atoms with Gasteiger partial charge >= 0.3 is 0 Å². The van der Waals surface area contributed by atoms with Crippen LogP contribution in [0.2, 0.25) is 0 Å². The molecule has 2 atom stereocenters. The molecule has 1 aliphatic heterocycles. The van der Waals surface area contributed by atoms with E-state index < -0.39 is 0 Å². The van der Waals surface area contributed by atoms with Crippen LogP contribution in [0.15, 0.2) is 24.3 Å². The molecule has 4 rings (SSSR count). The molecule has 0 bridgehead atoms. The van der Waals surface area contributed by atoms with Gasteiger partial charge in [0.2, 0.25) is 0 Å². The molecule has 1 aliphatic carbocycles. The molecule has 2 heterocycles. The molecule has 134 valence electrons. The van der Waals surface area contributed by atoms with Gasteiger partial charge in [-0.05, 0) is 31.2 Å². The molecule has 6 nitrogen and oxygen atoms in total. The van der Waals surface area contributed by atoms with Gasteiger partial charge in [0.05, 0.1) is 18.2 Å². The lowest BCUT2D eigenvalue weighted by atomic mass is 9.86. The minimum atomic E-state index is -0.138. The third-order valence-corrected chi connectivity index (χ3v) is 5.36. The number of rotatable bonds is 5. The number of fused-ring (bicyclic) bond motifs is 1. The first-order chi connectivity index (χ1) is 12.2. The van der Waals surface area contributed by atoms with E-state index in [2.05, 4.69) is 10.4 Å². The number of aryl methyl sites for hydroxylation is 1. The summed E-state index contributed by atoms with van der Waals surface area (Å²) in [4.78, 5) is 12.8. The predicted molar refractivity (Wildman–Crippen MR) is 94.5 cm³/mol. The van der Waals surface area contributed by atoms with Crippen molar-refractivity contribution in [2.75, 3.05) is 19.8 Å². The van der Waals surface area contributed by atoms with Gasteiger partial charge in [0.1, 0.15) is 6.10 Å². The number of hydrogen-bond donors (Lipinski definition) is 1. The summed E-state index contributed by atoms with van der Waals surface area (Å²) in [7, 11) is 1.86. The molecule has 0 radical (unpaired) electrons. The molecule has 0 unspecified atom stereocenters. The maximum absolute atomic E-state index is 12.8. The second-order valence-electron chi connectivity index (χ2n) is 7.10. The fraction of sp³-hybridized carbons (Fsp3) is 0.579. The van der Waals surface area contributed by atoms with E-state index in [1.54, 1.807) is 4.68 Å². The Bertz CT molecular complexity index is 753. The fourth-order valence-corrected chi connectivity index (χ4v) is 3.58. The van der Waals surface area contributed by atoms with E-state index >= 15 is 0 Å². The molecule has 1 saturated heterocycles. The Morgan fingerprint density at radius 1 is 1.36 bits per heavy atom. The van der Waals surface area contributed by atoms with E-state index in [1.807, 2.05) is 31.3 Å². The molecule has 1 amide bonds. The third kappa shape index (κ3) is 3.41. The Morgan fingerprint density at radius 3 is 3.00 bits per heavy atom. The van der Waals surface area contributed by atoms with E-state index in [0.717, 1.165) is 23.9 Å². The van der Waals surface area contributed by atoms with Crippen molar-refractivity contribution in [3.05, 3.63) is 30.0 Å². The van der Waals surface area contributed by atoms with Gasteiger partial charge in [-0.1, -0.05) is 24.6 Å². The van der Waals surface area contributed by atoms with Gasteiger partial charge in [0, 0.05) is 25.6 Å². The van der Waals surface area contributed by atoms with E-state index in [0.29, 0.717) is 24.8 Å². The number of benzene rings is 1.